The molecule has 0 aliphatic carbocycles. The first-order valence-corrected chi connectivity index (χ1v) is 5.47. The van der Waals surface area contributed by atoms with Crippen molar-refractivity contribution >= 4 is 17.4 Å². The van der Waals surface area contributed by atoms with Gasteiger partial charge < -0.3 is 10.2 Å². The highest BCUT2D eigenvalue weighted by Gasteiger charge is 2.15. The first-order valence-electron chi connectivity index (χ1n) is 5.47. The molecule has 0 unspecified atom stereocenters. The molecule has 18 heavy (non-hydrogen) atoms. The third-order valence-electron chi connectivity index (χ3n) is 2.33. The molecular formula is C11H16N4O3. The lowest BCUT2D eigenvalue weighted by Gasteiger charge is -2.10. The van der Waals surface area contributed by atoms with Crippen LogP contribution < -0.4 is 5.32 Å². The zero-order valence-electron chi connectivity index (χ0n) is 10.6. The van der Waals surface area contributed by atoms with Gasteiger partial charge in [0.15, 0.2) is 0 Å². The minimum atomic E-state index is -0.490. The van der Waals surface area contributed by atoms with Crippen molar-refractivity contribution in [2.45, 2.75) is 13.3 Å². The number of anilines is 1. The van der Waals surface area contributed by atoms with Crippen molar-refractivity contribution in [1.29, 1.82) is 0 Å². The molecule has 0 fully saturated rings. The van der Waals surface area contributed by atoms with Crippen LogP contribution in [0.1, 0.15) is 12.0 Å². The van der Waals surface area contributed by atoms with Gasteiger partial charge in [-0.2, -0.15) is 0 Å². The van der Waals surface area contributed by atoms with Gasteiger partial charge in [-0.1, -0.05) is 0 Å². The highest BCUT2D eigenvalue weighted by Crippen LogP contribution is 2.22. The van der Waals surface area contributed by atoms with E-state index in [0.29, 0.717) is 6.54 Å². The maximum absolute atomic E-state index is 11.3. The Kier molecular flexibility index (Phi) is 4.59. The molecule has 7 heteroatoms. The average Bonchev–Trinajstić information content (AvgIpc) is 2.30. The molecule has 0 aliphatic heterocycles. The molecule has 1 aromatic heterocycles. The van der Waals surface area contributed by atoms with E-state index in [1.807, 2.05) is 0 Å². The second-order valence-corrected chi connectivity index (χ2v) is 4.10. The van der Waals surface area contributed by atoms with Gasteiger partial charge in [-0.25, -0.2) is 4.98 Å². The quantitative estimate of drug-likeness (QED) is 0.628. The van der Waals surface area contributed by atoms with Crippen molar-refractivity contribution in [2.24, 2.45) is 0 Å². The highest BCUT2D eigenvalue weighted by atomic mass is 16.6. The van der Waals surface area contributed by atoms with Crippen LogP contribution in [0.2, 0.25) is 0 Å². The minimum Gasteiger partial charge on any atom is -0.364 e. The Bertz CT molecular complexity index is 460. The van der Waals surface area contributed by atoms with Crippen LogP contribution in [0.4, 0.5) is 11.5 Å². The molecule has 1 heterocycles. The molecule has 1 N–H and O–H groups in total. The average molecular weight is 252 g/mol. The lowest BCUT2D eigenvalue weighted by molar-refractivity contribution is -0.384. The standard InChI is InChI=1S/C11H16N4O3/c1-8-6-9(15(17)18)11(13-7-8)12-5-4-10(16)14(2)3/h6-7H,4-5H2,1-3H3,(H,12,13). The summed E-state index contributed by atoms with van der Waals surface area (Å²) >= 11 is 0. The smallest absolute Gasteiger partial charge is 0.311 e. The van der Waals surface area contributed by atoms with E-state index in [1.54, 1.807) is 27.2 Å². The van der Waals surface area contributed by atoms with Crippen molar-refractivity contribution in [3.8, 4) is 0 Å². The first-order chi connectivity index (χ1) is 8.41. The van der Waals surface area contributed by atoms with Crippen molar-refractivity contribution in [3.63, 3.8) is 0 Å². The maximum Gasteiger partial charge on any atom is 0.311 e. The predicted octanol–water partition coefficient (Wildman–Crippen LogP) is 1.19. The molecule has 0 aromatic carbocycles. The van der Waals surface area contributed by atoms with Crippen LogP contribution in [0.25, 0.3) is 0 Å². The van der Waals surface area contributed by atoms with Crippen molar-refractivity contribution in [1.82, 2.24) is 9.88 Å². The Balaban J connectivity index is 2.68. The molecule has 98 valence electrons. The predicted molar refractivity (Wildman–Crippen MR) is 67.4 cm³/mol. The number of nitrogens with zero attached hydrogens (tertiary/aromatic N) is 3. The number of aromatic nitrogens is 1. The molecule has 0 saturated heterocycles. The van der Waals surface area contributed by atoms with Gasteiger partial charge in [0.1, 0.15) is 0 Å². The number of pyridine rings is 1. The number of rotatable bonds is 5. The van der Waals surface area contributed by atoms with Crippen LogP contribution in [-0.4, -0.2) is 41.4 Å². The lowest BCUT2D eigenvalue weighted by Crippen LogP contribution is -2.24. The third kappa shape index (κ3) is 3.69. The van der Waals surface area contributed by atoms with Crippen LogP contribution in [0, 0.1) is 17.0 Å². The number of aryl methyl sites for hydroxylation is 1. The van der Waals surface area contributed by atoms with Crippen LogP contribution >= 0.6 is 0 Å². The number of carbonyl (C=O) groups is 1. The molecule has 1 rings (SSSR count). The van der Waals surface area contributed by atoms with E-state index in [1.165, 1.54) is 11.0 Å². The summed E-state index contributed by atoms with van der Waals surface area (Å²) in [7, 11) is 3.32. The number of nitrogens with one attached hydrogen (secondary N) is 1. The van der Waals surface area contributed by atoms with E-state index in [4.69, 9.17) is 0 Å². The fourth-order valence-corrected chi connectivity index (χ4v) is 1.34. The summed E-state index contributed by atoms with van der Waals surface area (Å²) in [4.78, 5) is 27.1. The Hall–Kier alpha value is -2.18. The van der Waals surface area contributed by atoms with Gasteiger partial charge in [-0.05, 0) is 12.5 Å². The van der Waals surface area contributed by atoms with Crippen LogP contribution in [0.5, 0.6) is 0 Å². The van der Waals surface area contributed by atoms with E-state index in [2.05, 4.69) is 10.3 Å². The third-order valence-corrected chi connectivity index (χ3v) is 2.33. The van der Waals surface area contributed by atoms with Crippen molar-refractivity contribution in [2.75, 3.05) is 26.0 Å². The van der Waals surface area contributed by atoms with E-state index in [9.17, 15) is 14.9 Å². The lowest BCUT2D eigenvalue weighted by atomic mass is 10.3. The summed E-state index contributed by atoms with van der Waals surface area (Å²) in [6, 6.07) is 1.45. The van der Waals surface area contributed by atoms with Gasteiger partial charge in [0.05, 0.1) is 4.92 Å². The molecule has 0 atom stereocenters. The number of carbonyl (C=O) groups excluding carboxylic acids is 1. The summed E-state index contributed by atoms with van der Waals surface area (Å²) in [5.41, 5.74) is 0.643. The minimum absolute atomic E-state index is 0.0442. The number of hydrogen-bond donors (Lipinski definition) is 1. The fraction of sp³-hybridized carbons (Fsp3) is 0.455. The summed E-state index contributed by atoms with van der Waals surface area (Å²) in [6.45, 7) is 2.05. The molecule has 0 radical (unpaired) electrons. The summed E-state index contributed by atoms with van der Waals surface area (Å²) < 4.78 is 0. The first kappa shape index (κ1) is 13.9. The summed E-state index contributed by atoms with van der Waals surface area (Å²) in [6.07, 6.45) is 1.81. The largest absolute Gasteiger partial charge is 0.364 e. The molecule has 0 bridgehead atoms. The second-order valence-electron chi connectivity index (χ2n) is 4.10. The van der Waals surface area contributed by atoms with Gasteiger partial charge >= 0.3 is 5.69 Å². The van der Waals surface area contributed by atoms with Crippen molar-refractivity contribution < 1.29 is 9.72 Å². The van der Waals surface area contributed by atoms with Gasteiger partial charge in [0.2, 0.25) is 11.7 Å². The molecule has 0 spiro atoms. The van der Waals surface area contributed by atoms with Gasteiger partial charge in [0, 0.05) is 39.3 Å². The van der Waals surface area contributed by atoms with Crippen molar-refractivity contribution in [3.05, 3.63) is 27.9 Å². The van der Waals surface area contributed by atoms with Crippen LogP contribution in [0.3, 0.4) is 0 Å². The van der Waals surface area contributed by atoms with E-state index in [0.717, 1.165) is 5.56 Å². The Labute approximate surface area is 105 Å². The molecule has 1 aromatic rings. The van der Waals surface area contributed by atoms with Gasteiger partial charge in [-0.3, -0.25) is 14.9 Å². The zero-order chi connectivity index (χ0) is 13.7. The van der Waals surface area contributed by atoms with E-state index < -0.39 is 4.92 Å². The monoisotopic (exact) mass is 252 g/mol. The Morgan fingerprint density at radius 3 is 2.78 bits per heavy atom. The Morgan fingerprint density at radius 1 is 1.56 bits per heavy atom. The highest BCUT2D eigenvalue weighted by molar-refractivity contribution is 5.76. The van der Waals surface area contributed by atoms with Crippen LogP contribution in [-0.2, 0) is 4.79 Å². The van der Waals surface area contributed by atoms with E-state index in [-0.39, 0.29) is 23.8 Å². The van der Waals surface area contributed by atoms with Crippen LogP contribution in [0.15, 0.2) is 12.3 Å². The molecular weight excluding hydrogens is 236 g/mol. The fourth-order valence-electron chi connectivity index (χ4n) is 1.34. The number of hydrogen-bond acceptors (Lipinski definition) is 5. The molecule has 0 saturated carbocycles. The van der Waals surface area contributed by atoms with Gasteiger partial charge in [0.25, 0.3) is 0 Å². The molecule has 0 aliphatic rings. The SMILES string of the molecule is Cc1cnc(NCCC(=O)N(C)C)c([N+](=O)[O-])c1. The zero-order valence-corrected chi connectivity index (χ0v) is 10.6. The topological polar surface area (TPSA) is 88.4 Å². The summed E-state index contributed by atoms with van der Waals surface area (Å²) in [5.74, 6) is 0.148. The maximum atomic E-state index is 11.3. The van der Waals surface area contributed by atoms with Gasteiger partial charge in [-0.15, -0.1) is 0 Å². The number of amides is 1. The Morgan fingerprint density at radius 2 is 2.22 bits per heavy atom. The summed E-state index contributed by atoms with van der Waals surface area (Å²) in [5, 5.41) is 13.6. The molecule has 1 amide bonds. The van der Waals surface area contributed by atoms with E-state index >= 15 is 0 Å². The second kappa shape index (κ2) is 5.95. The normalized spacial score (nSPS) is 9.94. The molecule has 7 nitrogen and oxygen atoms in total. The number of nitro groups is 1.